The molecular formula is C25H27NO2. The Bertz CT molecular complexity index is 1060. The van der Waals surface area contributed by atoms with Crippen LogP contribution < -0.4 is 4.90 Å². The molecule has 4 saturated carbocycles. The predicted molar refractivity (Wildman–Crippen MR) is 109 cm³/mol. The second-order valence-electron chi connectivity index (χ2n) is 9.93. The lowest BCUT2D eigenvalue weighted by molar-refractivity contribution is -0.0682. The fourth-order valence-corrected chi connectivity index (χ4v) is 8.02. The van der Waals surface area contributed by atoms with Gasteiger partial charge in [0.2, 0.25) is 0 Å². The summed E-state index contributed by atoms with van der Waals surface area (Å²) in [4.78, 5) is 2.79. The number of para-hydroxylation sites is 1. The minimum Gasteiger partial charge on any atom is -0.433 e. The van der Waals surface area contributed by atoms with E-state index < -0.39 is 0 Å². The van der Waals surface area contributed by atoms with Crippen molar-refractivity contribution < 1.29 is 8.83 Å². The maximum absolute atomic E-state index is 6.58. The van der Waals surface area contributed by atoms with E-state index in [1.807, 2.05) is 0 Å². The molecule has 0 N–H and O–H groups in total. The highest BCUT2D eigenvalue weighted by Crippen LogP contribution is 2.69. The Morgan fingerprint density at radius 3 is 2.39 bits per heavy atom. The summed E-state index contributed by atoms with van der Waals surface area (Å²) >= 11 is 0. The highest BCUT2D eigenvalue weighted by molar-refractivity contribution is 5.83. The van der Waals surface area contributed by atoms with Crippen molar-refractivity contribution >= 4 is 16.9 Å². The quantitative estimate of drug-likeness (QED) is 0.483. The molecule has 2 aromatic heterocycles. The molecule has 3 heteroatoms. The van der Waals surface area contributed by atoms with Gasteiger partial charge >= 0.3 is 0 Å². The van der Waals surface area contributed by atoms with Gasteiger partial charge in [-0.3, -0.25) is 0 Å². The van der Waals surface area contributed by atoms with Gasteiger partial charge in [-0.25, -0.2) is 0 Å². The normalized spacial score (nSPS) is 38.1. The average Bonchev–Trinajstić information content (AvgIpc) is 3.31. The van der Waals surface area contributed by atoms with Gasteiger partial charge in [0.1, 0.15) is 11.3 Å². The number of hydrogen-bond donors (Lipinski definition) is 0. The number of benzene rings is 1. The van der Waals surface area contributed by atoms with Crippen LogP contribution in [-0.4, -0.2) is 0 Å². The first-order valence-corrected chi connectivity index (χ1v) is 11.0. The van der Waals surface area contributed by atoms with E-state index in [0.29, 0.717) is 17.9 Å². The van der Waals surface area contributed by atoms with E-state index in [2.05, 4.69) is 49.1 Å². The molecule has 4 aliphatic carbocycles. The lowest BCUT2D eigenvalue weighted by atomic mass is 9.48. The van der Waals surface area contributed by atoms with Crippen LogP contribution >= 0.6 is 0 Å². The van der Waals surface area contributed by atoms with E-state index in [0.717, 1.165) is 17.6 Å². The summed E-state index contributed by atoms with van der Waals surface area (Å²) in [7, 11) is 0. The van der Waals surface area contributed by atoms with Gasteiger partial charge in [0.25, 0.3) is 5.78 Å². The molecule has 4 bridgehead atoms. The summed E-state index contributed by atoms with van der Waals surface area (Å²) < 4.78 is 12.3. The Morgan fingerprint density at radius 1 is 0.964 bits per heavy atom. The summed E-state index contributed by atoms with van der Waals surface area (Å²) in [6.07, 6.45) is 8.71. The SMILES string of the molecule is Cc1ccccc1N1[C@@H](C)c2c(oc3occc23)C12C1CC3CC(C1)CC2C3. The maximum atomic E-state index is 6.58. The third-order valence-corrected chi connectivity index (χ3v) is 8.68. The number of furan rings is 2. The number of anilines is 1. The zero-order valence-electron chi connectivity index (χ0n) is 16.7. The van der Waals surface area contributed by atoms with Crippen LogP contribution in [0.2, 0.25) is 0 Å². The van der Waals surface area contributed by atoms with Crippen LogP contribution in [0.15, 0.2) is 45.4 Å². The van der Waals surface area contributed by atoms with Gasteiger partial charge < -0.3 is 13.7 Å². The van der Waals surface area contributed by atoms with E-state index in [4.69, 9.17) is 8.83 Å². The molecule has 0 unspecified atom stereocenters. The Kier molecular flexibility index (Phi) is 2.84. The fraction of sp³-hybridized carbons (Fsp3) is 0.520. The van der Waals surface area contributed by atoms with E-state index in [-0.39, 0.29) is 5.54 Å². The summed E-state index contributed by atoms with van der Waals surface area (Å²) in [5, 5.41) is 1.19. The van der Waals surface area contributed by atoms with Crippen LogP contribution in [0.5, 0.6) is 0 Å². The fourth-order valence-electron chi connectivity index (χ4n) is 8.02. The number of nitrogens with zero attached hydrogens (tertiary/aromatic N) is 1. The van der Waals surface area contributed by atoms with Crippen molar-refractivity contribution in [3.63, 3.8) is 0 Å². The van der Waals surface area contributed by atoms with Crippen molar-refractivity contribution in [1.82, 2.24) is 0 Å². The molecule has 1 atom stereocenters. The first-order valence-electron chi connectivity index (χ1n) is 11.0. The predicted octanol–water partition coefficient (Wildman–Crippen LogP) is 6.57. The molecule has 1 aromatic carbocycles. The first kappa shape index (κ1) is 15.7. The first-order chi connectivity index (χ1) is 13.7. The zero-order chi connectivity index (χ0) is 18.6. The Labute approximate surface area is 165 Å². The summed E-state index contributed by atoms with van der Waals surface area (Å²) in [5.74, 6) is 5.24. The number of hydrogen-bond acceptors (Lipinski definition) is 3. The highest BCUT2D eigenvalue weighted by Gasteiger charge is 2.67. The van der Waals surface area contributed by atoms with Crippen molar-refractivity contribution in [2.45, 2.75) is 57.5 Å². The smallest absolute Gasteiger partial charge is 0.297 e. The third kappa shape index (κ3) is 1.65. The topological polar surface area (TPSA) is 29.5 Å². The van der Waals surface area contributed by atoms with E-state index in [1.165, 1.54) is 60.1 Å². The molecule has 3 nitrogen and oxygen atoms in total. The van der Waals surface area contributed by atoms with Crippen LogP contribution in [0.3, 0.4) is 0 Å². The second-order valence-corrected chi connectivity index (χ2v) is 9.93. The van der Waals surface area contributed by atoms with E-state index >= 15 is 0 Å². The second kappa shape index (κ2) is 5.06. The minimum absolute atomic E-state index is 0.00975. The number of aryl methyl sites for hydroxylation is 1. The summed E-state index contributed by atoms with van der Waals surface area (Å²) in [6.45, 7) is 4.65. The molecule has 0 amide bonds. The van der Waals surface area contributed by atoms with Crippen LogP contribution in [0.25, 0.3) is 11.2 Å². The maximum Gasteiger partial charge on any atom is 0.297 e. The van der Waals surface area contributed by atoms with Crippen LogP contribution in [-0.2, 0) is 5.54 Å². The molecule has 28 heavy (non-hydrogen) atoms. The summed E-state index contributed by atoms with van der Waals surface area (Å²) in [6, 6.07) is 11.4. The average molecular weight is 373 g/mol. The van der Waals surface area contributed by atoms with Gasteiger partial charge in [0.15, 0.2) is 0 Å². The molecule has 1 aliphatic heterocycles. The molecule has 3 heterocycles. The van der Waals surface area contributed by atoms with Gasteiger partial charge in [0.05, 0.1) is 17.7 Å². The molecule has 5 aliphatic rings. The molecule has 0 saturated heterocycles. The van der Waals surface area contributed by atoms with Crippen molar-refractivity contribution in [2.24, 2.45) is 23.7 Å². The van der Waals surface area contributed by atoms with Crippen molar-refractivity contribution in [1.29, 1.82) is 0 Å². The van der Waals surface area contributed by atoms with Crippen molar-refractivity contribution in [3.05, 3.63) is 53.5 Å². The number of fused-ring (bicyclic) bond motifs is 3. The van der Waals surface area contributed by atoms with Crippen LogP contribution in [0.4, 0.5) is 5.69 Å². The largest absolute Gasteiger partial charge is 0.433 e. The van der Waals surface area contributed by atoms with Gasteiger partial charge in [-0.2, -0.15) is 0 Å². The number of rotatable bonds is 1. The Morgan fingerprint density at radius 2 is 1.68 bits per heavy atom. The lowest BCUT2D eigenvalue weighted by Crippen LogP contribution is -2.62. The van der Waals surface area contributed by atoms with E-state index in [9.17, 15) is 0 Å². The van der Waals surface area contributed by atoms with Gasteiger partial charge in [-0.05, 0) is 87.3 Å². The van der Waals surface area contributed by atoms with Crippen LogP contribution in [0.1, 0.15) is 62.0 Å². The monoisotopic (exact) mass is 373 g/mol. The van der Waals surface area contributed by atoms with Crippen molar-refractivity contribution in [2.75, 3.05) is 4.90 Å². The minimum atomic E-state index is 0.00975. The highest BCUT2D eigenvalue weighted by atomic mass is 16.5. The lowest BCUT2D eigenvalue weighted by Gasteiger charge is -2.63. The molecule has 4 fully saturated rings. The third-order valence-electron chi connectivity index (χ3n) is 8.68. The van der Waals surface area contributed by atoms with Gasteiger partial charge in [-0.15, -0.1) is 0 Å². The molecule has 144 valence electrons. The summed E-state index contributed by atoms with van der Waals surface area (Å²) in [5.41, 5.74) is 4.16. The Hall–Kier alpha value is -2.16. The van der Waals surface area contributed by atoms with Gasteiger partial charge in [-0.1, -0.05) is 18.2 Å². The molecule has 8 rings (SSSR count). The van der Waals surface area contributed by atoms with Crippen LogP contribution in [0, 0.1) is 30.6 Å². The standard InChI is InChI=1S/C25H27NO2/c1-14-5-3-4-6-21(14)26-15(2)22-20-7-8-27-24(20)28-23(22)25(26)18-10-16-9-17(12-18)13-19(25)11-16/h3-8,15-19H,9-13H2,1-2H3/t15-,16?,17?,18?,19?,25?/m0/s1. The molecule has 1 spiro atoms. The van der Waals surface area contributed by atoms with Crippen molar-refractivity contribution in [3.8, 4) is 0 Å². The zero-order valence-corrected chi connectivity index (χ0v) is 16.7. The molecule has 0 radical (unpaired) electrons. The van der Waals surface area contributed by atoms with Gasteiger partial charge in [0, 0.05) is 11.3 Å². The molecular weight excluding hydrogens is 346 g/mol. The Balaban J connectivity index is 1.54. The molecule has 3 aromatic rings. The van der Waals surface area contributed by atoms with E-state index in [1.54, 1.807) is 6.26 Å².